The van der Waals surface area contributed by atoms with Crippen molar-refractivity contribution in [2.24, 2.45) is 0 Å². The number of benzene rings is 2. The molecule has 0 spiro atoms. The van der Waals surface area contributed by atoms with Crippen LogP contribution in [0.3, 0.4) is 0 Å². The van der Waals surface area contributed by atoms with Crippen LogP contribution in [0, 0.1) is 11.6 Å². The van der Waals surface area contributed by atoms with Gasteiger partial charge in [0.05, 0.1) is 7.11 Å². The third-order valence-electron chi connectivity index (χ3n) is 3.32. The van der Waals surface area contributed by atoms with Gasteiger partial charge in [-0.2, -0.15) is 0 Å². The van der Waals surface area contributed by atoms with Crippen LogP contribution in [0.25, 0.3) is 0 Å². The molecular weight excluding hydrogens is 276 g/mol. The predicted molar refractivity (Wildman–Crippen MR) is 76.3 cm³/mol. The van der Waals surface area contributed by atoms with Crippen molar-refractivity contribution in [2.75, 3.05) is 7.11 Å². The lowest BCUT2D eigenvalue weighted by Gasteiger charge is -2.16. The highest BCUT2D eigenvalue weighted by Crippen LogP contribution is 2.23. The molecule has 0 amide bonds. The first-order valence-corrected chi connectivity index (χ1v) is 6.55. The Bertz CT molecular complexity index is 632. The summed E-state index contributed by atoms with van der Waals surface area (Å²) < 4.78 is 31.6. The minimum Gasteiger partial charge on any atom is -0.508 e. The molecule has 3 nitrogen and oxygen atoms in total. The maximum absolute atomic E-state index is 13.6. The fraction of sp³-hybridized carbons (Fsp3) is 0.250. The largest absolute Gasteiger partial charge is 0.508 e. The molecule has 2 rings (SSSR count). The monoisotopic (exact) mass is 293 g/mol. The highest BCUT2D eigenvalue weighted by molar-refractivity contribution is 5.33. The van der Waals surface area contributed by atoms with Crippen molar-refractivity contribution in [3.8, 4) is 11.5 Å². The van der Waals surface area contributed by atoms with Crippen LogP contribution < -0.4 is 10.1 Å². The van der Waals surface area contributed by atoms with Crippen molar-refractivity contribution in [2.45, 2.75) is 19.5 Å². The zero-order chi connectivity index (χ0) is 15.4. The molecule has 0 fully saturated rings. The molecule has 0 aliphatic rings. The number of phenols is 1. The van der Waals surface area contributed by atoms with E-state index in [9.17, 15) is 13.9 Å². The number of hydrogen-bond donors (Lipinski definition) is 2. The Morgan fingerprint density at radius 3 is 2.62 bits per heavy atom. The second kappa shape index (κ2) is 6.54. The minimum absolute atomic E-state index is 0.0250. The number of aromatic hydroxyl groups is 1. The van der Waals surface area contributed by atoms with E-state index in [0.717, 1.165) is 5.56 Å². The number of phenolic OH excluding ortho intramolecular Hbond substituents is 1. The van der Waals surface area contributed by atoms with Crippen molar-refractivity contribution >= 4 is 0 Å². The van der Waals surface area contributed by atoms with Crippen LogP contribution in [0.5, 0.6) is 11.5 Å². The lowest BCUT2D eigenvalue weighted by molar-refractivity contribution is 0.385. The molecule has 0 aromatic heterocycles. The first-order valence-electron chi connectivity index (χ1n) is 6.55. The molecule has 112 valence electrons. The van der Waals surface area contributed by atoms with Gasteiger partial charge in [-0.25, -0.2) is 8.78 Å². The molecule has 2 aromatic carbocycles. The van der Waals surface area contributed by atoms with E-state index in [1.54, 1.807) is 12.1 Å². The van der Waals surface area contributed by atoms with Crippen LogP contribution in [-0.2, 0) is 6.54 Å². The molecule has 0 radical (unpaired) electrons. The first-order chi connectivity index (χ1) is 10.0. The van der Waals surface area contributed by atoms with E-state index < -0.39 is 11.6 Å². The SMILES string of the molecule is COc1ccc(C(C)NCc2cc(F)ccc2O)cc1F. The van der Waals surface area contributed by atoms with Crippen molar-refractivity contribution in [3.63, 3.8) is 0 Å². The summed E-state index contributed by atoms with van der Waals surface area (Å²) in [6.45, 7) is 2.13. The quantitative estimate of drug-likeness (QED) is 0.886. The van der Waals surface area contributed by atoms with Gasteiger partial charge in [-0.3, -0.25) is 0 Å². The molecule has 1 unspecified atom stereocenters. The van der Waals surface area contributed by atoms with E-state index in [4.69, 9.17) is 4.74 Å². The van der Waals surface area contributed by atoms with Crippen molar-refractivity contribution in [1.82, 2.24) is 5.32 Å². The molecule has 0 bridgehead atoms. The molecule has 0 aliphatic carbocycles. The topological polar surface area (TPSA) is 41.5 Å². The Hall–Kier alpha value is -2.14. The Kier molecular flexibility index (Phi) is 4.75. The maximum atomic E-state index is 13.6. The predicted octanol–water partition coefficient (Wildman–Crippen LogP) is 3.53. The zero-order valence-corrected chi connectivity index (χ0v) is 11.9. The molecule has 0 saturated carbocycles. The number of ether oxygens (including phenoxy) is 1. The van der Waals surface area contributed by atoms with E-state index in [1.165, 1.54) is 31.4 Å². The molecule has 5 heteroatoms. The van der Waals surface area contributed by atoms with E-state index in [-0.39, 0.29) is 24.1 Å². The molecule has 2 N–H and O–H groups in total. The van der Waals surface area contributed by atoms with Gasteiger partial charge in [-0.1, -0.05) is 6.07 Å². The second-order valence-corrected chi connectivity index (χ2v) is 4.77. The number of hydrogen-bond acceptors (Lipinski definition) is 3. The van der Waals surface area contributed by atoms with Gasteiger partial charge in [0.2, 0.25) is 0 Å². The maximum Gasteiger partial charge on any atom is 0.165 e. The lowest BCUT2D eigenvalue weighted by atomic mass is 10.1. The number of methoxy groups -OCH3 is 1. The summed E-state index contributed by atoms with van der Waals surface area (Å²) in [5.74, 6) is -0.629. The summed E-state index contributed by atoms with van der Waals surface area (Å²) in [5.41, 5.74) is 1.19. The van der Waals surface area contributed by atoms with Gasteiger partial charge >= 0.3 is 0 Å². The van der Waals surface area contributed by atoms with Gasteiger partial charge in [-0.15, -0.1) is 0 Å². The summed E-state index contributed by atoms with van der Waals surface area (Å²) in [4.78, 5) is 0. The Morgan fingerprint density at radius 2 is 1.95 bits per heavy atom. The minimum atomic E-state index is -0.433. The van der Waals surface area contributed by atoms with E-state index in [1.807, 2.05) is 6.92 Å². The Balaban J connectivity index is 2.06. The van der Waals surface area contributed by atoms with Gasteiger partial charge in [-0.05, 0) is 42.8 Å². The van der Waals surface area contributed by atoms with Crippen LogP contribution in [0.2, 0.25) is 0 Å². The molecule has 21 heavy (non-hydrogen) atoms. The highest BCUT2D eigenvalue weighted by Gasteiger charge is 2.10. The summed E-state index contributed by atoms with van der Waals surface area (Å²) in [6, 6.07) is 8.32. The average Bonchev–Trinajstić information content (AvgIpc) is 2.47. The molecule has 1 atom stereocenters. The Labute approximate surface area is 122 Å². The van der Waals surface area contributed by atoms with Gasteiger partial charge in [0.25, 0.3) is 0 Å². The second-order valence-electron chi connectivity index (χ2n) is 4.77. The molecule has 0 saturated heterocycles. The zero-order valence-electron chi connectivity index (χ0n) is 11.9. The molecule has 0 heterocycles. The third kappa shape index (κ3) is 3.70. The van der Waals surface area contributed by atoms with Crippen LogP contribution >= 0.6 is 0 Å². The van der Waals surface area contributed by atoms with E-state index >= 15 is 0 Å². The van der Waals surface area contributed by atoms with Crippen LogP contribution in [0.4, 0.5) is 8.78 Å². The Morgan fingerprint density at radius 1 is 1.19 bits per heavy atom. The number of halogens is 2. The summed E-state index contributed by atoms with van der Waals surface area (Å²) >= 11 is 0. The normalized spacial score (nSPS) is 12.2. The summed E-state index contributed by atoms with van der Waals surface area (Å²) in [5, 5.41) is 12.8. The highest BCUT2D eigenvalue weighted by atomic mass is 19.1. The standard InChI is InChI=1S/C16H17F2NO2/c1-10(11-3-6-16(21-2)14(18)8-11)19-9-12-7-13(17)4-5-15(12)20/h3-8,10,19-20H,9H2,1-2H3. The van der Waals surface area contributed by atoms with Crippen molar-refractivity contribution in [3.05, 3.63) is 59.2 Å². The first kappa shape index (κ1) is 15.3. The lowest BCUT2D eigenvalue weighted by Crippen LogP contribution is -2.18. The van der Waals surface area contributed by atoms with Gasteiger partial charge in [0.15, 0.2) is 11.6 Å². The van der Waals surface area contributed by atoms with Gasteiger partial charge < -0.3 is 15.2 Å². The summed E-state index contributed by atoms with van der Waals surface area (Å²) in [7, 11) is 1.41. The van der Waals surface area contributed by atoms with E-state index in [0.29, 0.717) is 5.56 Å². The van der Waals surface area contributed by atoms with Gasteiger partial charge in [0, 0.05) is 18.2 Å². The molecule has 0 aliphatic heterocycles. The van der Waals surface area contributed by atoms with Crippen LogP contribution in [0.1, 0.15) is 24.1 Å². The van der Waals surface area contributed by atoms with Crippen molar-refractivity contribution in [1.29, 1.82) is 0 Å². The van der Waals surface area contributed by atoms with Crippen LogP contribution in [-0.4, -0.2) is 12.2 Å². The summed E-state index contributed by atoms with van der Waals surface area (Å²) in [6.07, 6.45) is 0. The average molecular weight is 293 g/mol. The smallest absolute Gasteiger partial charge is 0.165 e. The third-order valence-corrected chi connectivity index (χ3v) is 3.32. The molecular formula is C16H17F2NO2. The fourth-order valence-corrected chi connectivity index (χ4v) is 2.03. The number of rotatable bonds is 5. The van der Waals surface area contributed by atoms with Crippen molar-refractivity contribution < 1.29 is 18.6 Å². The fourth-order valence-electron chi connectivity index (χ4n) is 2.03. The molecule has 2 aromatic rings. The van der Waals surface area contributed by atoms with Gasteiger partial charge in [0.1, 0.15) is 11.6 Å². The van der Waals surface area contributed by atoms with E-state index in [2.05, 4.69) is 5.32 Å². The number of nitrogens with one attached hydrogen (secondary N) is 1. The van der Waals surface area contributed by atoms with Crippen LogP contribution in [0.15, 0.2) is 36.4 Å².